The molecule has 9 nitrogen and oxygen atoms in total. The van der Waals surface area contributed by atoms with Gasteiger partial charge >= 0.3 is 0 Å². The summed E-state index contributed by atoms with van der Waals surface area (Å²) < 4.78 is 11.5. The lowest BCUT2D eigenvalue weighted by Crippen LogP contribution is -2.46. The minimum absolute atomic E-state index is 0.0336. The van der Waals surface area contributed by atoms with E-state index >= 15 is 0 Å². The number of nitrogens with one attached hydrogen (secondary N) is 2. The van der Waals surface area contributed by atoms with E-state index in [0.717, 1.165) is 18.6 Å². The molecule has 6 N–H and O–H groups in total. The summed E-state index contributed by atoms with van der Waals surface area (Å²) in [6.07, 6.45) is 3.85. The zero-order valence-corrected chi connectivity index (χ0v) is 19.4. The second-order valence-electron chi connectivity index (χ2n) is 8.32. The topological polar surface area (TPSA) is 150 Å². The lowest BCUT2D eigenvalue weighted by Gasteiger charge is -2.30. The van der Waals surface area contributed by atoms with Gasteiger partial charge in [-0.15, -0.1) is 0 Å². The molecule has 1 fully saturated rings. The highest BCUT2D eigenvalue weighted by Gasteiger charge is 2.23. The van der Waals surface area contributed by atoms with Gasteiger partial charge in [0.1, 0.15) is 28.6 Å². The van der Waals surface area contributed by atoms with Crippen LogP contribution in [0.15, 0.2) is 59.9 Å². The smallest absolute Gasteiger partial charge is 0.254 e. The molecule has 0 spiro atoms. The van der Waals surface area contributed by atoms with Crippen molar-refractivity contribution >= 4 is 11.6 Å². The molecule has 0 aliphatic carbocycles. The van der Waals surface area contributed by atoms with Crippen LogP contribution in [0.2, 0.25) is 0 Å². The Morgan fingerprint density at radius 1 is 1.12 bits per heavy atom. The zero-order valence-electron chi connectivity index (χ0n) is 19.4. The van der Waals surface area contributed by atoms with Crippen LogP contribution in [-0.2, 0) is 4.79 Å². The van der Waals surface area contributed by atoms with Gasteiger partial charge in [0.05, 0.1) is 11.8 Å². The number of benzene rings is 2. The second kappa shape index (κ2) is 11.1. The molecular formula is C25H30N6O3. The summed E-state index contributed by atoms with van der Waals surface area (Å²) >= 11 is 0. The predicted octanol–water partition coefficient (Wildman–Crippen LogP) is 2.82. The van der Waals surface area contributed by atoms with Gasteiger partial charge in [0.2, 0.25) is 0 Å². The monoisotopic (exact) mass is 462 g/mol. The quantitative estimate of drug-likeness (QED) is 0.254. The van der Waals surface area contributed by atoms with Crippen molar-refractivity contribution in [1.29, 1.82) is 10.7 Å². The molecule has 0 aromatic heterocycles. The molecule has 9 heteroatoms. The van der Waals surface area contributed by atoms with Crippen LogP contribution >= 0.6 is 0 Å². The Morgan fingerprint density at radius 2 is 1.71 bits per heavy atom. The molecule has 1 atom stereocenters. The first kappa shape index (κ1) is 24.5. The maximum atomic E-state index is 12.1. The number of amides is 1. The summed E-state index contributed by atoms with van der Waals surface area (Å²) in [6.45, 7) is 5.10. The molecule has 1 aliphatic rings. The number of hydrogen-bond donors (Lipinski definition) is 4. The van der Waals surface area contributed by atoms with Gasteiger partial charge in [0.15, 0.2) is 6.19 Å². The Kier molecular flexibility index (Phi) is 7.98. The van der Waals surface area contributed by atoms with Crippen LogP contribution in [0.3, 0.4) is 0 Å². The second-order valence-corrected chi connectivity index (χ2v) is 8.32. The normalized spacial score (nSPS) is 16.3. The van der Waals surface area contributed by atoms with Crippen molar-refractivity contribution in [2.24, 2.45) is 11.5 Å². The van der Waals surface area contributed by atoms with Crippen molar-refractivity contribution in [2.45, 2.75) is 38.8 Å². The number of piperidine rings is 1. The van der Waals surface area contributed by atoms with Gasteiger partial charge in [-0.25, -0.2) is 0 Å². The number of rotatable bonds is 9. The van der Waals surface area contributed by atoms with E-state index in [9.17, 15) is 4.79 Å². The van der Waals surface area contributed by atoms with Gasteiger partial charge in [-0.1, -0.05) is 0 Å². The summed E-state index contributed by atoms with van der Waals surface area (Å²) in [5.74, 6) is 1.21. The number of hydrogen-bond acceptors (Lipinski definition) is 8. The number of primary amides is 1. The van der Waals surface area contributed by atoms with Gasteiger partial charge < -0.3 is 31.2 Å². The molecule has 178 valence electrons. The highest BCUT2D eigenvalue weighted by atomic mass is 16.5. The Morgan fingerprint density at radius 3 is 2.26 bits per heavy atom. The summed E-state index contributed by atoms with van der Waals surface area (Å²) in [5, 5.41) is 20.7. The van der Waals surface area contributed by atoms with Crippen LogP contribution in [0.5, 0.6) is 17.2 Å². The molecule has 2 aromatic rings. The highest BCUT2D eigenvalue weighted by Crippen LogP contribution is 2.25. The van der Waals surface area contributed by atoms with E-state index in [1.807, 2.05) is 38.1 Å². The number of nitrogens with zero attached hydrogens (tertiary/aromatic N) is 2. The molecule has 1 amide bonds. The van der Waals surface area contributed by atoms with Crippen LogP contribution in [-0.4, -0.2) is 41.8 Å². The average Bonchev–Trinajstić information content (AvgIpc) is 2.80. The fraction of sp³-hybridized carbons (Fsp3) is 0.320. The summed E-state index contributed by atoms with van der Waals surface area (Å²) in [4.78, 5) is 13.8. The minimum Gasteiger partial charge on any atom is -0.491 e. The van der Waals surface area contributed by atoms with Crippen molar-refractivity contribution < 1.29 is 14.3 Å². The zero-order chi connectivity index (χ0) is 24.7. The van der Waals surface area contributed by atoms with Crippen molar-refractivity contribution in [3.05, 3.63) is 65.5 Å². The first-order valence-corrected chi connectivity index (χ1v) is 11.1. The van der Waals surface area contributed by atoms with Crippen LogP contribution in [0.25, 0.3) is 0 Å². The molecule has 2 aromatic carbocycles. The highest BCUT2D eigenvalue weighted by molar-refractivity contribution is 6.26. The van der Waals surface area contributed by atoms with Crippen LogP contribution < -0.4 is 26.3 Å². The third kappa shape index (κ3) is 6.42. The third-order valence-corrected chi connectivity index (χ3v) is 5.26. The van der Waals surface area contributed by atoms with E-state index in [2.05, 4.69) is 11.5 Å². The third-order valence-electron chi connectivity index (χ3n) is 5.26. The van der Waals surface area contributed by atoms with Gasteiger partial charge in [-0.05, 0) is 75.2 Å². The maximum Gasteiger partial charge on any atom is 0.254 e. The predicted molar refractivity (Wildman–Crippen MR) is 129 cm³/mol. The fourth-order valence-corrected chi connectivity index (χ4v) is 3.70. The van der Waals surface area contributed by atoms with Crippen LogP contribution in [0.1, 0.15) is 32.3 Å². The van der Waals surface area contributed by atoms with Gasteiger partial charge in [0, 0.05) is 24.7 Å². The first-order chi connectivity index (χ1) is 16.3. The van der Waals surface area contributed by atoms with E-state index in [1.165, 1.54) is 0 Å². The van der Waals surface area contributed by atoms with Crippen LogP contribution in [0, 0.1) is 16.9 Å². The maximum absolute atomic E-state index is 12.1. The van der Waals surface area contributed by atoms with Crippen molar-refractivity contribution in [3.8, 4) is 23.4 Å². The number of nitrogens with two attached hydrogens (primary N) is 2. The molecule has 1 heterocycles. The average molecular weight is 463 g/mol. The number of carbonyl (C=O) groups excluding carboxylic acids is 1. The van der Waals surface area contributed by atoms with Gasteiger partial charge in [-0.2, -0.15) is 5.26 Å². The molecule has 34 heavy (non-hydrogen) atoms. The molecule has 0 bridgehead atoms. The van der Waals surface area contributed by atoms with E-state index in [0.29, 0.717) is 30.2 Å². The number of carbonyl (C=O) groups is 1. The van der Waals surface area contributed by atoms with Gasteiger partial charge in [-0.3, -0.25) is 10.2 Å². The minimum atomic E-state index is -0.799. The van der Waals surface area contributed by atoms with E-state index in [4.69, 9.17) is 31.6 Å². The lowest BCUT2D eigenvalue weighted by molar-refractivity contribution is -0.114. The van der Waals surface area contributed by atoms with Gasteiger partial charge in [0.25, 0.3) is 5.91 Å². The molecule has 0 radical (unpaired) electrons. The fourth-order valence-electron chi connectivity index (χ4n) is 3.70. The summed E-state index contributed by atoms with van der Waals surface area (Å²) in [5.41, 5.74) is 12.0. The first-order valence-electron chi connectivity index (χ1n) is 11.1. The van der Waals surface area contributed by atoms with Crippen LogP contribution in [0.4, 0.5) is 0 Å². The number of nitriles is 1. The Labute approximate surface area is 199 Å². The Hall–Kier alpha value is -4.19. The summed E-state index contributed by atoms with van der Waals surface area (Å²) in [6, 6.07) is 13.9. The van der Waals surface area contributed by atoms with Crippen molar-refractivity contribution in [1.82, 2.24) is 10.2 Å². The molecule has 1 aliphatic heterocycles. The molecule has 0 saturated carbocycles. The molecular weight excluding hydrogens is 432 g/mol. The summed E-state index contributed by atoms with van der Waals surface area (Å²) in [7, 11) is 0. The van der Waals surface area contributed by atoms with Crippen molar-refractivity contribution in [2.75, 3.05) is 13.1 Å². The van der Waals surface area contributed by atoms with E-state index < -0.39 is 5.91 Å². The standard InChI is InChI=1S/C25H30N6O3/c1-16(2)33-19-9-11-21(12-10-19)34-20-7-5-17(6-8-20)23(27)22(25(29)32)24(28)30-18-4-3-13-31(14-18)15-26/h5-12,16,18,27,30H,3-4,13-14,28H2,1-2H3,(H2,29,32)/b24-22+,27-23?. The largest absolute Gasteiger partial charge is 0.491 e. The molecule has 3 rings (SSSR count). The Balaban J connectivity index is 1.70. The molecule has 1 unspecified atom stereocenters. The molecule has 1 saturated heterocycles. The van der Waals surface area contributed by atoms with E-state index in [-0.39, 0.29) is 29.3 Å². The Bertz CT molecular complexity index is 1090. The SMILES string of the molecule is CC(C)Oc1ccc(Oc2ccc(C(=N)/C(C(N)=O)=C(/N)NC3CCCN(C#N)C3)cc2)cc1. The number of likely N-dealkylation sites (tertiary alicyclic amines) is 1. The van der Waals surface area contributed by atoms with Crippen molar-refractivity contribution in [3.63, 3.8) is 0 Å². The lowest BCUT2D eigenvalue weighted by atomic mass is 10.0. The van der Waals surface area contributed by atoms with E-state index in [1.54, 1.807) is 29.2 Å². The number of ether oxygens (including phenoxy) is 2.